The average Bonchev–Trinajstić information content (AvgIpc) is 3.71. The van der Waals surface area contributed by atoms with Gasteiger partial charge in [-0.3, -0.25) is 9.59 Å². The number of anilines is 1. The molecule has 198 valence electrons. The summed E-state index contributed by atoms with van der Waals surface area (Å²) in [5.74, 6) is 1.16. The Labute approximate surface area is 221 Å². The van der Waals surface area contributed by atoms with Gasteiger partial charge in [0.2, 0.25) is 0 Å². The smallest absolute Gasteiger partial charge is 0.258 e. The number of morpholine rings is 1. The van der Waals surface area contributed by atoms with Crippen LogP contribution in [-0.4, -0.2) is 73.5 Å². The highest BCUT2D eigenvalue weighted by Crippen LogP contribution is 2.40. The number of likely N-dealkylation sites (tertiary alicyclic amines) is 1. The highest BCUT2D eigenvalue weighted by molar-refractivity contribution is 6.01. The summed E-state index contributed by atoms with van der Waals surface area (Å²) < 4.78 is 19.7. The number of fused-ring (bicyclic) bond motifs is 2. The van der Waals surface area contributed by atoms with Crippen LogP contribution in [0.4, 0.5) is 5.69 Å². The number of ether oxygens (including phenoxy) is 3. The van der Waals surface area contributed by atoms with Gasteiger partial charge in [-0.1, -0.05) is 0 Å². The molecule has 1 N–H and O–H groups in total. The zero-order chi connectivity index (χ0) is 25.9. The van der Waals surface area contributed by atoms with E-state index in [0.29, 0.717) is 62.1 Å². The predicted molar refractivity (Wildman–Crippen MR) is 142 cm³/mol. The second kappa shape index (κ2) is 8.94. The number of hydrogen-bond acceptors (Lipinski definition) is 6. The van der Waals surface area contributed by atoms with Gasteiger partial charge >= 0.3 is 0 Å². The zero-order valence-electron chi connectivity index (χ0n) is 21.6. The SMILES string of the molecule is COc1cc(C(=O)N2CCC3(CC2)NC(=O)c2cc(N4CCOCC4)ccc2O3)cc2c1ccn2C1CC1. The lowest BCUT2D eigenvalue weighted by Crippen LogP contribution is -2.61. The van der Waals surface area contributed by atoms with Gasteiger partial charge in [-0.25, -0.2) is 0 Å². The number of rotatable bonds is 4. The van der Waals surface area contributed by atoms with Gasteiger partial charge in [0, 0.05) is 67.9 Å². The van der Waals surface area contributed by atoms with Gasteiger partial charge in [0.25, 0.3) is 11.8 Å². The van der Waals surface area contributed by atoms with E-state index in [0.717, 1.165) is 35.4 Å². The van der Waals surface area contributed by atoms with Crippen LogP contribution in [-0.2, 0) is 4.74 Å². The average molecular weight is 517 g/mol. The van der Waals surface area contributed by atoms with E-state index >= 15 is 0 Å². The van der Waals surface area contributed by atoms with Crippen molar-refractivity contribution < 1.29 is 23.8 Å². The van der Waals surface area contributed by atoms with Crippen LogP contribution in [0.25, 0.3) is 10.9 Å². The van der Waals surface area contributed by atoms with E-state index < -0.39 is 5.72 Å². The standard InChI is InChI=1S/C29H32N4O5/c1-36-26-17-19(16-24-22(26)6-9-33(24)20-2-3-20)28(35)32-10-7-29(8-11-32)30-27(34)23-18-21(4-5-25(23)38-29)31-12-14-37-15-13-31/h4-6,9,16-18,20H,2-3,7-8,10-15H2,1H3,(H,30,34). The molecule has 2 aromatic carbocycles. The van der Waals surface area contributed by atoms with E-state index in [2.05, 4.69) is 27.0 Å². The molecule has 0 unspecified atom stereocenters. The molecular formula is C29H32N4O5. The highest BCUT2D eigenvalue weighted by atomic mass is 16.5. The van der Waals surface area contributed by atoms with Crippen LogP contribution >= 0.6 is 0 Å². The maximum Gasteiger partial charge on any atom is 0.258 e. The Hall–Kier alpha value is -3.72. The van der Waals surface area contributed by atoms with Crippen molar-refractivity contribution >= 4 is 28.4 Å². The van der Waals surface area contributed by atoms with Gasteiger partial charge in [-0.15, -0.1) is 0 Å². The fourth-order valence-electron chi connectivity index (χ4n) is 5.99. The summed E-state index contributed by atoms with van der Waals surface area (Å²) >= 11 is 0. The molecule has 9 heteroatoms. The Bertz CT molecular complexity index is 1410. The quantitative estimate of drug-likeness (QED) is 0.571. The summed E-state index contributed by atoms with van der Waals surface area (Å²) in [5.41, 5.74) is 2.42. The summed E-state index contributed by atoms with van der Waals surface area (Å²) in [5, 5.41) is 4.15. The lowest BCUT2D eigenvalue weighted by molar-refractivity contribution is -0.0245. The molecule has 1 spiro atoms. The first-order valence-corrected chi connectivity index (χ1v) is 13.5. The first-order valence-electron chi connectivity index (χ1n) is 13.5. The molecule has 1 saturated carbocycles. The van der Waals surface area contributed by atoms with E-state index in [4.69, 9.17) is 14.2 Å². The van der Waals surface area contributed by atoms with Crippen molar-refractivity contribution in [1.29, 1.82) is 0 Å². The van der Waals surface area contributed by atoms with Crippen LogP contribution in [0.3, 0.4) is 0 Å². The minimum Gasteiger partial charge on any atom is -0.496 e. The molecule has 9 nitrogen and oxygen atoms in total. The molecule has 1 aliphatic carbocycles. The molecule has 2 amide bonds. The third-order valence-electron chi connectivity index (χ3n) is 8.30. The summed E-state index contributed by atoms with van der Waals surface area (Å²) in [6.45, 7) is 3.97. The number of amides is 2. The van der Waals surface area contributed by atoms with Gasteiger partial charge in [-0.2, -0.15) is 0 Å². The topological polar surface area (TPSA) is 85.3 Å². The van der Waals surface area contributed by atoms with Crippen LogP contribution in [0.5, 0.6) is 11.5 Å². The number of nitrogens with one attached hydrogen (secondary N) is 1. The molecule has 0 radical (unpaired) electrons. The number of methoxy groups -OCH3 is 1. The summed E-state index contributed by atoms with van der Waals surface area (Å²) in [6.07, 6.45) is 5.47. The number of benzene rings is 2. The van der Waals surface area contributed by atoms with E-state index in [1.165, 1.54) is 12.8 Å². The van der Waals surface area contributed by atoms with Crippen LogP contribution in [0.1, 0.15) is 52.4 Å². The molecule has 3 fully saturated rings. The van der Waals surface area contributed by atoms with Gasteiger partial charge < -0.3 is 33.9 Å². The lowest BCUT2D eigenvalue weighted by atomic mass is 9.96. The Balaban J connectivity index is 1.08. The Morgan fingerprint density at radius 3 is 2.58 bits per heavy atom. The van der Waals surface area contributed by atoms with Gasteiger partial charge in [0.1, 0.15) is 11.5 Å². The fourth-order valence-corrected chi connectivity index (χ4v) is 5.99. The van der Waals surface area contributed by atoms with Crippen LogP contribution < -0.4 is 19.7 Å². The molecule has 2 saturated heterocycles. The van der Waals surface area contributed by atoms with Crippen molar-refractivity contribution in [2.45, 2.75) is 37.5 Å². The van der Waals surface area contributed by atoms with Crippen LogP contribution in [0.2, 0.25) is 0 Å². The number of carbonyl (C=O) groups is 2. The second-order valence-electron chi connectivity index (χ2n) is 10.7. The van der Waals surface area contributed by atoms with E-state index in [9.17, 15) is 9.59 Å². The van der Waals surface area contributed by atoms with Crippen molar-refractivity contribution in [2.24, 2.45) is 0 Å². The fraction of sp³-hybridized carbons (Fsp3) is 0.448. The van der Waals surface area contributed by atoms with Crippen LogP contribution in [0.15, 0.2) is 42.6 Å². The molecule has 0 atom stereocenters. The first kappa shape index (κ1) is 23.4. The lowest BCUT2D eigenvalue weighted by Gasteiger charge is -2.44. The maximum absolute atomic E-state index is 13.6. The molecule has 38 heavy (non-hydrogen) atoms. The van der Waals surface area contributed by atoms with E-state index in [1.54, 1.807) is 7.11 Å². The number of nitrogens with zero attached hydrogens (tertiary/aromatic N) is 3. The molecule has 3 aliphatic heterocycles. The Morgan fingerprint density at radius 1 is 1.05 bits per heavy atom. The number of aromatic nitrogens is 1. The Kier molecular flexibility index (Phi) is 5.51. The summed E-state index contributed by atoms with van der Waals surface area (Å²) in [7, 11) is 1.65. The van der Waals surface area contributed by atoms with E-state index in [-0.39, 0.29) is 11.8 Å². The van der Waals surface area contributed by atoms with Crippen molar-refractivity contribution in [2.75, 3.05) is 51.4 Å². The predicted octanol–water partition coefficient (Wildman–Crippen LogP) is 3.58. The monoisotopic (exact) mass is 516 g/mol. The van der Waals surface area contributed by atoms with Crippen molar-refractivity contribution in [3.05, 3.63) is 53.7 Å². The zero-order valence-corrected chi connectivity index (χ0v) is 21.6. The summed E-state index contributed by atoms with van der Waals surface area (Å²) in [6, 6.07) is 12.2. The van der Waals surface area contributed by atoms with Crippen molar-refractivity contribution in [1.82, 2.24) is 14.8 Å². The van der Waals surface area contributed by atoms with Gasteiger partial charge in [-0.05, 0) is 49.2 Å². The molecule has 1 aromatic heterocycles. The third-order valence-corrected chi connectivity index (χ3v) is 8.30. The molecule has 3 aromatic rings. The number of hydrogen-bond donors (Lipinski definition) is 1. The highest BCUT2D eigenvalue weighted by Gasteiger charge is 2.43. The Morgan fingerprint density at radius 2 is 1.84 bits per heavy atom. The largest absolute Gasteiger partial charge is 0.496 e. The minimum absolute atomic E-state index is 0.0266. The molecule has 4 heterocycles. The molecule has 4 aliphatic rings. The molecule has 0 bridgehead atoms. The number of piperidine rings is 1. The minimum atomic E-state index is -0.802. The van der Waals surface area contributed by atoms with Gasteiger partial charge in [0.15, 0.2) is 5.72 Å². The van der Waals surface area contributed by atoms with E-state index in [1.807, 2.05) is 35.2 Å². The normalized spacial score (nSPS) is 20.7. The molecular weight excluding hydrogens is 484 g/mol. The van der Waals surface area contributed by atoms with Crippen LogP contribution in [0, 0.1) is 0 Å². The third kappa shape index (κ3) is 3.96. The second-order valence-corrected chi connectivity index (χ2v) is 10.7. The first-order chi connectivity index (χ1) is 18.5. The maximum atomic E-state index is 13.6. The summed E-state index contributed by atoms with van der Waals surface area (Å²) in [4.78, 5) is 30.8. The van der Waals surface area contributed by atoms with Gasteiger partial charge in [0.05, 0.1) is 31.4 Å². The number of carbonyl (C=O) groups excluding carboxylic acids is 2. The van der Waals surface area contributed by atoms with Crippen molar-refractivity contribution in [3.8, 4) is 11.5 Å². The molecule has 7 rings (SSSR count). The van der Waals surface area contributed by atoms with Crippen molar-refractivity contribution in [3.63, 3.8) is 0 Å².